The molecule has 12 aromatic rings. The van der Waals surface area contributed by atoms with E-state index in [0.717, 1.165) is 94.0 Å². The van der Waals surface area contributed by atoms with Crippen molar-refractivity contribution in [3.8, 4) is 78.8 Å². The first-order valence-electron chi connectivity index (χ1n) is 21.1. The first kappa shape index (κ1) is 36.3. The number of aromatic nitrogens is 4. The van der Waals surface area contributed by atoms with Crippen LogP contribution in [0.4, 0.5) is 0 Å². The fraction of sp³-hybridized carbons (Fsp3) is 0. The summed E-state index contributed by atoms with van der Waals surface area (Å²) < 4.78 is 6.58. The smallest absolute Gasteiger partial charge is 0.164 e. The zero-order chi connectivity index (χ0) is 41.7. The number of benzene rings is 9. The van der Waals surface area contributed by atoms with Crippen molar-refractivity contribution in [3.63, 3.8) is 0 Å². The summed E-state index contributed by atoms with van der Waals surface area (Å²) in [6.45, 7) is 0. The zero-order valence-corrected chi connectivity index (χ0v) is 34.0. The first-order chi connectivity index (χ1) is 31.2. The molecule has 0 spiro atoms. The average molecular weight is 805 g/mol. The van der Waals surface area contributed by atoms with E-state index in [1.807, 2.05) is 48.5 Å². The lowest BCUT2D eigenvalue weighted by atomic mass is 9.89. The molecule has 294 valence electrons. The summed E-state index contributed by atoms with van der Waals surface area (Å²) in [5.74, 6) is 1.88. The van der Waals surface area contributed by atoms with Crippen LogP contribution in [0.25, 0.3) is 122 Å². The Morgan fingerprint density at radius 3 is 1.25 bits per heavy atom. The quantitative estimate of drug-likeness (QED) is 0.150. The van der Waals surface area contributed by atoms with Gasteiger partial charge in [-0.2, -0.15) is 0 Å². The average Bonchev–Trinajstić information content (AvgIpc) is 3.74. The number of hydrogen-bond donors (Lipinski definition) is 0. The lowest BCUT2D eigenvalue weighted by Crippen LogP contribution is -2.00. The fourth-order valence-corrected chi connectivity index (χ4v) is 8.86. The number of furan rings is 1. The van der Waals surface area contributed by atoms with Gasteiger partial charge in [0.15, 0.2) is 17.5 Å². The van der Waals surface area contributed by atoms with Crippen LogP contribution in [-0.2, 0) is 0 Å². The van der Waals surface area contributed by atoms with E-state index in [0.29, 0.717) is 17.5 Å². The second-order valence-electron chi connectivity index (χ2n) is 15.8. The third-order valence-electron chi connectivity index (χ3n) is 11.9. The van der Waals surface area contributed by atoms with E-state index >= 15 is 0 Å². The summed E-state index contributed by atoms with van der Waals surface area (Å²) in [7, 11) is 0. The Bertz CT molecular complexity index is 3620. The number of fused-ring (bicyclic) bond motifs is 6. The molecule has 0 aliphatic heterocycles. The molecule has 5 heteroatoms. The summed E-state index contributed by atoms with van der Waals surface area (Å²) >= 11 is 0. The molecule has 0 saturated heterocycles. The van der Waals surface area contributed by atoms with Crippen LogP contribution in [0.3, 0.4) is 0 Å². The second-order valence-corrected chi connectivity index (χ2v) is 15.8. The topological polar surface area (TPSA) is 64.7 Å². The van der Waals surface area contributed by atoms with Gasteiger partial charge >= 0.3 is 0 Å². The van der Waals surface area contributed by atoms with Crippen LogP contribution in [0.1, 0.15) is 0 Å². The molecule has 5 nitrogen and oxygen atoms in total. The summed E-state index contributed by atoms with van der Waals surface area (Å²) in [4.78, 5) is 20.3. The number of nitrogens with zero attached hydrogens (tertiary/aromatic N) is 4. The Morgan fingerprint density at radius 2 is 0.683 bits per heavy atom. The molecule has 0 aliphatic rings. The number of pyridine rings is 1. The van der Waals surface area contributed by atoms with E-state index in [4.69, 9.17) is 24.4 Å². The van der Waals surface area contributed by atoms with Crippen molar-refractivity contribution in [3.05, 3.63) is 218 Å². The molecule has 0 atom stereocenters. The Kier molecular flexibility index (Phi) is 8.75. The van der Waals surface area contributed by atoms with Gasteiger partial charge in [0.2, 0.25) is 0 Å². The normalized spacial score (nSPS) is 11.5. The molecule has 3 aromatic heterocycles. The van der Waals surface area contributed by atoms with E-state index < -0.39 is 0 Å². The molecule has 0 aliphatic carbocycles. The van der Waals surface area contributed by atoms with Crippen LogP contribution in [0.5, 0.6) is 0 Å². The highest BCUT2D eigenvalue weighted by molar-refractivity contribution is 6.27. The summed E-state index contributed by atoms with van der Waals surface area (Å²) in [5.41, 5.74) is 14.2. The molecule has 0 amide bonds. The summed E-state index contributed by atoms with van der Waals surface area (Å²) in [5, 5.41) is 5.55. The van der Waals surface area contributed by atoms with Gasteiger partial charge in [0.1, 0.15) is 11.2 Å². The molecule has 0 radical (unpaired) electrons. The summed E-state index contributed by atoms with van der Waals surface area (Å²) in [6, 6.07) is 75.7. The number of hydrogen-bond acceptors (Lipinski definition) is 5. The molecule has 9 aromatic carbocycles. The highest BCUT2D eigenvalue weighted by Crippen LogP contribution is 2.46. The fourth-order valence-electron chi connectivity index (χ4n) is 8.86. The van der Waals surface area contributed by atoms with Crippen LogP contribution < -0.4 is 0 Å². The highest BCUT2D eigenvalue weighted by Gasteiger charge is 2.22. The maximum Gasteiger partial charge on any atom is 0.164 e. The van der Waals surface area contributed by atoms with E-state index in [9.17, 15) is 0 Å². The third kappa shape index (κ3) is 6.51. The van der Waals surface area contributed by atoms with Gasteiger partial charge in [-0.05, 0) is 46.0 Å². The van der Waals surface area contributed by atoms with Gasteiger partial charge in [-0.25, -0.2) is 19.9 Å². The SMILES string of the molecule is c1ccc(-c2ccc(-c3nc(-c4ccccc4)nc(-c4ccc(-c5ccc(-c6nc7ccccc7c7c(-c8ccccc8)c8c(cc67)oc6ccccc68)cc5)cc4)n3)cc2)cc1. The van der Waals surface area contributed by atoms with Crippen molar-refractivity contribution >= 4 is 43.6 Å². The van der Waals surface area contributed by atoms with Gasteiger partial charge < -0.3 is 4.42 Å². The van der Waals surface area contributed by atoms with Crippen LogP contribution in [0.2, 0.25) is 0 Å². The number of para-hydroxylation sites is 2. The minimum atomic E-state index is 0.621. The Balaban J connectivity index is 0.928. The minimum absolute atomic E-state index is 0.621. The van der Waals surface area contributed by atoms with Crippen molar-refractivity contribution in [1.29, 1.82) is 0 Å². The van der Waals surface area contributed by atoms with Crippen LogP contribution >= 0.6 is 0 Å². The lowest BCUT2D eigenvalue weighted by Gasteiger charge is -2.16. The molecule has 3 heterocycles. The van der Waals surface area contributed by atoms with E-state index in [-0.39, 0.29) is 0 Å². The first-order valence-corrected chi connectivity index (χ1v) is 21.1. The molecular formula is C58H36N4O. The predicted molar refractivity (Wildman–Crippen MR) is 258 cm³/mol. The van der Waals surface area contributed by atoms with E-state index in [1.165, 1.54) is 10.9 Å². The van der Waals surface area contributed by atoms with Gasteiger partial charge in [-0.3, -0.25) is 0 Å². The largest absolute Gasteiger partial charge is 0.456 e. The predicted octanol–water partition coefficient (Wildman–Crippen LogP) is 15.1. The molecule has 0 N–H and O–H groups in total. The highest BCUT2D eigenvalue weighted by atomic mass is 16.3. The third-order valence-corrected chi connectivity index (χ3v) is 11.9. The van der Waals surface area contributed by atoms with Gasteiger partial charge in [0.05, 0.1) is 11.2 Å². The molecular weight excluding hydrogens is 769 g/mol. The van der Waals surface area contributed by atoms with Crippen molar-refractivity contribution < 1.29 is 4.42 Å². The number of rotatable bonds is 7. The van der Waals surface area contributed by atoms with Crippen LogP contribution in [0.15, 0.2) is 223 Å². The van der Waals surface area contributed by atoms with Crippen molar-refractivity contribution in [2.24, 2.45) is 0 Å². The molecule has 0 bridgehead atoms. The summed E-state index contributed by atoms with van der Waals surface area (Å²) in [6.07, 6.45) is 0. The molecule has 63 heavy (non-hydrogen) atoms. The van der Waals surface area contributed by atoms with Crippen molar-refractivity contribution in [2.75, 3.05) is 0 Å². The van der Waals surface area contributed by atoms with Crippen molar-refractivity contribution in [2.45, 2.75) is 0 Å². The Morgan fingerprint density at radius 1 is 0.270 bits per heavy atom. The van der Waals surface area contributed by atoms with E-state index in [2.05, 4.69) is 170 Å². The monoisotopic (exact) mass is 804 g/mol. The Hall–Kier alpha value is -8.54. The molecule has 0 saturated carbocycles. The second kappa shape index (κ2) is 15.2. The molecule has 0 unspecified atom stereocenters. The van der Waals surface area contributed by atoms with Gasteiger partial charge in [-0.15, -0.1) is 0 Å². The standard InChI is InChI=1S/C58H36N4O/c1-4-14-37(15-5-1)38-26-32-44(33-27-38)57-60-56(43-18-8-3-9-19-43)61-58(62-57)45-34-28-40(29-35-45)39-24-30-42(31-25-39)55-48-36-51-54(47-21-11-13-23-50(47)63-51)52(41-16-6-2-7-17-41)53(48)46-20-10-12-22-49(46)59-55/h1-36H. The van der Waals surface area contributed by atoms with Gasteiger partial charge in [-0.1, -0.05) is 200 Å². The van der Waals surface area contributed by atoms with E-state index in [1.54, 1.807) is 0 Å². The van der Waals surface area contributed by atoms with Crippen LogP contribution in [-0.4, -0.2) is 19.9 Å². The maximum atomic E-state index is 6.58. The molecule has 12 rings (SSSR count). The minimum Gasteiger partial charge on any atom is -0.456 e. The van der Waals surface area contributed by atoms with Gasteiger partial charge in [0, 0.05) is 54.7 Å². The Labute approximate surface area is 363 Å². The van der Waals surface area contributed by atoms with Gasteiger partial charge in [0.25, 0.3) is 0 Å². The molecule has 0 fully saturated rings. The maximum absolute atomic E-state index is 6.58. The lowest BCUT2D eigenvalue weighted by molar-refractivity contribution is 0.669. The van der Waals surface area contributed by atoms with Crippen molar-refractivity contribution in [1.82, 2.24) is 19.9 Å². The zero-order valence-electron chi connectivity index (χ0n) is 34.0. The van der Waals surface area contributed by atoms with Crippen LogP contribution in [0, 0.1) is 0 Å².